The fraction of sp³-hybridized carbons (Fsp3) is 0.200. The molecule has 0 saturated carbocycles. The van der Waals surface area contributed by atoms with E-state index in [1.54, 1.807) is 11.3 Å². The van der Waals surface area contributed by atoms with E-state index in [0.717, 1.165) is 27.7 Å². The van der Waals surface area contributed by atoms with Gasteiger partial charge in [0.1, 0.15) is 0 Å². The van der Waals surface area contributed by atoms with Gasteiger partial charge in [0.2, 0.25) is 0 Å². The number of H-pyrrole nitrogens is 1. The summed E-state index contributed by atoms with van der Waals surface area (Å²) in [4.78, 5) is 19.2. The SMILES string of the molecule is Cc1cccc(NC(=S)N(Cc2cccs2)Cc2cc3ccc(C)c(C)c3[nH]c2=O)c1. The van der Waals surface area contributed by atoms with Crippen LogP contribution < -0.4 is 10.9 Å². The van der Waals surface area contributed by atoms with E-state index in [2.05, 4.69) is 59.9 Å². The molecule has 0 atom stereocenters. The van der Waals surface area contributed by atoms with E-state index in [1.165, 1.54) is 10.4 Å². The van der Waals surface area contributed by atoms with Crippen LogP contribution in [-0.2, 0) is 13.1 Å². The normalized spacial score (nSPS) is 10.9. The van der Waals surface area contributed by atoms with E-state index in [9.17, 15) is 4.79 Å². The maximum Gasteiger partial charge on any atom is 0.253 e. The first-order valence-corrected chi connectivity index (χ1v) is 11.5. The number of thiocarbonyl (C=S) groups is 1. The third-order valence-electron chi connectivity index (χ3n) is 5.47. The molecule has 2 aromatic carbocycles. The number of hydrogen-bond donors (Lipinski definition) is 2. The number of nitrogens with one attached hydrogen (secondary N) is 2. The van der Waals surface area contributed by atoms with Crippen molar-refractivity contribution >= 4 is 45.3 Å². The zero-order valence-corrected chi connectivity index (χ0v) is 19.5. The second kappa shape index (κ2) is 9.04. The monoisotopic (exact) mass is 447 g/mol. The summed E-state index contributed by atoms with van der Waals surface area (Å²) >= 11 is 7.44. The Kier molecular flexibility index (Phi) is 6.20. The van der Waals surface area contributed by atoms with Crippen LogP contribution in [0.2, 0.25) is 0 Å². The third-order valence-corrected chi connectivity index (χ3v) is 6.69. The molecule has 0 fully saturated rings. The smallest absolute Gasteiger partial charge is 0.253 e. The molecule has 0 unspecified atom stereocenters. The Morgan fingerprint density at radius 3 is 2.65 bits per heavy atom. The number of pyridine rings is 1. The van der Waals surface area contributed by atoms with E-state index < -0.39 is 0 Å². The Balaban J connectivity index is 1.65. The van der Waals surface area contributed by atoms with Crippen LogP contribution in [-0.4, -0.2) is 15.0 Å². The van der Waals surface area contributed by atoms with Crippen LogP contribution in [0, 0.1) is 20.8 Å². The zero-order chi connectivity index (χ0) is 22.0. The highest BCUT2D eigenvalue weighted by atomic mass is 32.1. The summed E-state index contributed by atoms with van der Waals surface area (Å²) in [5.74, 6) is 0. The number of thiophene rings is 1. The highest BCUT2D eigenvalue weighted by molar-refractivity contribution is 7.80. The van der Waals surface area contributed by atoms with Crippen molar-refractivity contribution in [3.8, 4) is 0 Å². The largest absolute Gasteiger partial charge is 0.339 e. The molecule has 0 bridgehead atoms. The van der Waals surface area contributed by atoms with Crippen molar-refractivity contribution in [2.24, 2.45) is 0 Å². The lowest BCUT2D eigenvalue weighted by atomic mass is 10.0. The maximum atomic E-state index is 12.9. The van der Waals surface area contributed by atoms with Gasteiger partial charge >= 0.3 is 0 Å². The summed E-state index contributed by atoms with van der Waals surface area (Å²) in [5, 5.41) is 7.02. The average molecular weight is 448 g/mol. The molecule has 0 radical (unpaired) electrons. The van der Waals surface area contributed by atoms with Gasteiger partial charge in [-0.15, -0.1) is 11.3 Å². The maximum absolute atomic E-state index is 12.9. The summed E-state index contributed by atoms with van der Waals surface area (Å²) in [5.41, 5.74) is 5.90. The molecule has 4 aromatic rings. The lowest BCUT2D eigenvalue weighted by Crippen LogP contribution is -2.35. The Hall–Kier alpha value is -2.96. The molecule has 0 spiro atoms. The summed E-state index contributed by atoms with van der Waals surface area (Å²) in [7, 11) is 0. The number of aryl methyl sites for hydroxylation is 3. The number of benzene rings is 2. The standard InChI is InChI=1S/C25H25N3OS2/c1-16-6-4-7-21(12-16)26-25(30)28(15-22-8-5-11-31-22)14-20-13-19-10-9-17(2)18(3)23(19)27-24(20)29/h4-13H,14-15H2,1-3H3,(H,26,30)(H,27,29). The molecule has 0 saturated heterocycles. The number of hydrogen-bond acceptors (Lipinski definition) is 3. The molecule has 2 aromatic heterocycles. The Morgan fingerprint density at radius 2 is 1.90 bits per heavy atom. The van der Waals surface area contributed by atoms with Gasteiger partial charge in [-0.2, -0.15) is 0 Å². The molecule has 4 nitrogen and oxygen atoms in total. The molecule has 0 aliphatic heterocycles. The Labute approximate surface area is 191 Å². The molecule has 31 heavy (non-hydrogen) atoms. The summed E-state index contributed by atoms with van der Waals surface area (Å²) in [6.45, 7) is 7.21. The van der Waals surface area contributed by atoms with Crippen LogP contribution >= 0.6 is 23.6 Å². The third kappa shape index (κ3) is 4.86. The minimum absolute atomic E-state index is 0.0734. The molecule has 6 heteroatoms. The number of nitrogens with zero attached hydrogens (tertiary/aromatic N) is 1. The molecule has 2 N–H and O–H groups in total. The van der Waals surface area contributed by atoms with E-state index in [0.29, 0.717) is 23.8 Å². The van der Waals surface area contributed by atoms with Crippen molar-refractivity contribution in [2.45, 2.75) is 33.9 Å². The van der Waals surface area contributed by atoms with Crippen LogP contribution in [0.15, 0.2) is 64.8 Å². The van der Waals surface area contributed by atoms with Gasteiger partial charge in [0.15, 0.2) is 5.11 Å². The molecular formula is C25H25N3OS2. The second-order valence-corrected chi connectivity index (χ2v) is 9.25. The fourth-order valence-corrected chi connectivity index (χ4v) is 4.58. The van der Waals surface area contributed by atoms with Gasteiger partial charge in [0.05, 0.1) is 18.6 Å². The first-order chi connectivity index (χ1) is 14.9. The molecule has 0 aliphatic carbocycles. The molecule has 4 rings (SSSR count). The minimum Gasteiger partial charge on any atom is -0.339 e. The summed E-state index contributed by atoms with van der Waals surface area (Å²) < 4.78 is 0. The fourth-order valence-electron chi connectivity index (χ4n) is 3.61. The van der Waals surface area contributed by atoms with Gasteiger partial charge in [0, 0.05) is 16.1 Å². The van der Waals surface area contributed by atoms with Crippen molar-refractivity contribution in [1.29, 1.82) is 0 Å². The predicted molar refractivity (Wildman–Crippen MR) is 135 cm³/mol. The molecule has 158 valence electrons. The van der Waals surface area contributed by atoms with Crippen LogP contribution in [0.1, 0.15) is 27.1 Å². The second-order valence-electron chi connectivity index (χ2n) is 7.83. The highest BCUT2D eigenvalue weighted by Crippen LogP contribution is 2.21. The Bertz CT molecular complexity index is 1290. The van der Waals surface area contributed by atoms with Crippen molar-refractivity contribution in [2.75, 3.05) is 5.32 Å². The van der Waals surface area contributed by atoms with Crippen molar-refractivity contribution < 1.29 is 0 Å². The minimum atomic E-state index is -0.0734. The predicted octanol–water partition coefficient (Wildman–Crippen LogP) is 5.91. The van der Waals surface area contributed by atoms with Crippen LogP contribution in [0.25, 0.3) is 10.9 Å². The topological polar surface area (TPSA) is 48.1 Å². The van der Waals surface area contributed by atoms with Gasteiger partial charge < -0.3 is 15.2 Å². The van der Waals surface area contributed by atoms with Crippen molar-refractivity contribution in [1.82, 2.24) is 9.88 Å². The molecule has 0 amide bonds. The van der Waals surface area contributed by atoms with E-state index in [4.69, 9.17) is 12.2 Å². The molecular weight excluding hydrogens is 422 g/mol. The van der Waals surface area contributed by atoms with Gasteiger partial charge in [-0.3, -0.25) is 4.79 Å². The van der Waals surface area contributed by atoms with E-state index in [1.807, 2.05) is 36.1 Å². The number of aromatic amines is 1. The van der Waals surface area contributed by atoms with Crippen LogP contribution in [0.3, 0.4) is 0 Å². The van der Waals surface area contributed by atoms with Crippen LogP contribution in [0.5, 0.6) is 0 Å². The number of anilines is 1. The Morgan fingerprint density at radius 1 is 1.06 bits per heavy atom. The summed E-state index contributed by atoms with van der Waals surface area (Å²) in [6.07, 6.45) is 0. The van der Waals surface area contributed by atoms with Crippen LogP contribution in [0.4, 0.5) is 5.69 Å². The van der Waals surface area contributed by atoms with Gasteiger partial charge in [0.25, 0.3) is 5.56 Å². The molecule has 0 aliphatic rings. The van der Waals surface area contributed by atoms with E-state index in [-0.39, 0.29) is 5.56 Å². The lowest BCUT2D eigenvalue weighted by molar-refractivity contribution is 0.415. The lowest BCUT2D eigenvalue weighted by Gasteiger charge is -2.25. The van der Waals surface area contributed by atoms with Gasteiger partial charge in [-0.1, -0.05) is 30.3 Å². The quantitative estimate of drug-likeness (QED) is 0.373. The van der Waals surface area contributed by atoms with E-state index >= 15 is 0 Å². The average Bonchev–Trinajstić information content (AvgIpc) is 3.25. The first kappa shape index (κ1) is 21.3. The van der Waals surface area contributed by atoms with Gasteiger partial charge in [-0.05, 0) is 84.7 Å². The summed E-state index contributed by atoms with van der Waals surface area (Å²) in [6, 6.07) is 18.4. The first-order valence-electron chi connectivity index (χ1n) is 10.2. The number of aromatic nitrogens is 1. The number of rotatable bonds is 5. The number of fused-ring (bicyclic) bond motifs is 1. The highest BCUT2D eigenvalue weighted by Gasteiger charge is 2.15. The van der Waals surface area contributed by atoms with Gasteiger partial charge in [-0.25, -0.2) is 0 Å². The van der Waals surface area contributed by atoms with Crippen molar-refractivity contribution in [3.05, 3.63) is 97.5 Å². The zero-order valence-electron chi connectivity index (χ0n) is 17.9. The van der Waals surface area contributed by atoms with Crippen molar-refractivity contribution in [3.63, 3.8) is 0 Å². The molecule has 2 heterocycles.